The van der Waals surface area contributed by atoms with Crippen LogP contribution in [-0.4, -0.2) is 19.6 Å². The molecule has 2 rings (SSSR count). The second-order valence-electron chi connectivity index (χ2n) is 4.48. The summed E-state index contributed by atoms with van der Waals surface area (Å²) in [7, 11) is 1.48. The van der Waals surface area contributed by atoms with Gasteiger partial charge in [0.25, 0.3) is 0 Å². The van der Waals surface area contributed by atoms with Gasteiger partial charge in [-0.25, -0.2) is 0 Å². The highest BCUT2D eigenvalue weighted by molar-refractivity contribution is 5.20. The predicted molar refractivity (Wildman–Crippen MR) is 66.7 cm³/mol. The van der Waals surface area contributed by atoms with Gasteiger partial charge in [0.15, 0.2) is 5.69 Å². The lowest BCUT2D eigenvalue weighted by Crippen LogP contribution is -2.16. The molecule has 5 nitrogen and oxygen atoms in total. The van der Waals surface area contributed by atoms with E-state index in [0.717, 1.165) is 12.1 Å². The van der Waals surface area contributed by atoms with Crippen molar-refractivity contribution in [1.29, 1.82) is 0 Å². The summed E-state index contributed by atoms with van der Waals surface area (Å²) in [6, 6.07) is 0. The molecule has 0 amide bonds. The summed E-state index contributed by atoms with van der Waals surface area (Å²) in [6.07, 6.45) is 0.516. The van der Waals surface area contributed by atoms with Crippen LogP contribution >= 0.6 is 0 Å². The number of nitrogens with one attached hydrogen (secondary N) is 1. The van der Waals surface area contributed by atoms with Gasteiger partial charge < -0.3 is 5.32 Å². The zero-order valence-electron chi connectivity index (χ0n) is 11.3. The Morgan fingerprint density at radius 1 is 1.25 bits per heavy atom. The molecule has 0 aliphatic carbocycles. The average Bonchev–Trinajstić information content (AvgIpc) is 2.95. The zero-order valence-corrected chi connectivity index (χ0v) is 11.3. The van der Waals surface area contributed by atoms with Crippen molar-refractivity contribution < 1.29 is 13.2 Å². The number of hydrogen-bond donors (Lipinski definition) is 1. The molecule has 0 aliphatic heterocycles. The molecule has 0 unspecified atom stereocenters. The molecule has 0 aliphatic rings. The van der Waals surface area contributed by atoms with E-state index in [-0.39, 0.29) is 12.1 Å². The van der Waals surface area contributed by atoms with Crippen LogP contribution in [0.25, 0.3) is 0 Å². The quantitative estimate of drug-likeness (QED) is 0.914. The van der Waals surface area contributed by atoms with Gasteiger partial charge in [-0.05, 0) is 6.92 Å². The van der Waals surface area contributed by atoms with Crippen LogP contribution in [-0.2, 0) is 32.9 Å². The number of hydrogen-bond acceptors (Lipinski definition) is 3. The van der Waals surface area contributed by atoms with Crippen molar-refractivity contribution in [3.05, 3.63) is 35.4 Å². The van der Waals surface area contributed by atoms with Gasteiger partial charge >= 0.3 is 6.18 Å². The Hall–Kier alpha value is -1.83. The lowest BCUT2D eigenvalue weighted by atomic mass is 10.2. The van der Waals surface area contributed by atoms with Crippen LogP contribution in [0.15, 0.2) is 18.6 Å². The van der Waals surface area contributed by atoms with Crippen molar-refractivity contribution in [2.75, 3.05) is 0 Å². The van der Waals surface area contributed by atoms with Gasteiger partial charge in [0.2, 0.25) is 0 Å². The first-order valence-electron chi connectivity index (χ1n) is 6.22. The SMILES string of the molecule is CCn1cc(CNCc2cn(C)nc2C(F)(F)F)cn1. The fraction of sp³-hybridized carbons (Fsp3) is 0.500. The molecule has 0 radical (unpaired) electrons. The highest BCUT2D eigenvalue weighted by Crippen LogP contribution is 2.30. The molecule has 0 spiro atoms. The minimum Gasteiger partial charge on any atom is -0.308 e. The molecule has 20 heavy (non-hydrogen) atoms. The Morgan fingerprint density at radius 2 is 2.00 bits per heavy atom. The second kappa shape index (κ2) is 5.66. The number of aromatic nitrogens is 4. The Kier molecular flexibility index (Phi) is 4.12. The highest BCUT2D eigenvalue weighted by atomic mass is 19.4. The van der Waals surface area contributed by atoms with Gasteiger partial charge in [-0.3, -0.25) is 9.36 Å². The molecule has 0 bridgehead atoms. The predicted octanol–water partition coefficient (Wildman–Crippen LogP) is 1.95. The standard InChI is InChI=1S/C12H16F3N5/c1-3-20-7-9(5-17-20)4-16-6-10-8-19(2)18-11(10)12(13,14)15/h5,7-8,16H,3-4,6H2,1-2H3. The van der Waals surface area contributed by atoms with Gasteiger partial charge in [-0.15, -0.1) is 0 Å². The van der Waals surface area contributed by atoms with Gasteiger partial charge in [-0.2, -0.15) is 23.4 Å². The molecule has 2 aromatic rings. The summed E-state index contributed by atoms with van der Waals surface area (Å²) in [5.74, 6) is 0. The summed E-state index contributed by atoms with van der Waals surface area (Å²) >= 11 is 0. The number of nitrogens with zero attached hydrogens (tertiary/aromatic N) is 4. The van der Waals surface area contributed by atoms with E-state index in [1.807, 2.05) is 13.1 Å². The van der Waals surface area contributed by atoms with Crippen LogP contribution in [0.1, 0.15) is 23.7 Å². The number of alkyl halides is 3. The molecule has 2 aromatic heterocycles. The van der Waals surface area contributed by atoms with Crippen molar-refractivity contribution in [3.63, 3.8) is 0 Å². The fourth-order valence-corrected chi connectivity index (χ4v) is 1.92. The van der Waals surface area contributed by atoms with E-state index < -0.39 is 11.9 Å². The van der Waals surface area contributed by atoms with E-state index in [0.29, 0.717) is 6.54 Å². The molecule has 110 valence electrons. The molecule has 8 heteroatoms. The van der Waals surface area contributed by atoms with Crippen molar-refractivity contribution in [3.8, 4) is 0 Å². The van der Waals surface area contributed by atoms with Crippen molar-refractivity contribution in [1.82, 2.24) is 24.9 Å². The molecule has 0 aromatic carbocycles. The third-order valence-corrected chi connectivity index (χ3v) is 2.83. The van der Waals surface area contributed by atoms with Crippen LogP contribution in [0.5, 0.6) is 0 Å². The van der Waals surface area contributed by atoms with Crippen molar-refractivity contribution in [2.45, 2.75) is 32.7 Å². The van der Waals surface area contributed by atoms with E-state index in [2.05, 4.69) is 15.5 Å². The number of halogens is 3. The molecule has 2 heterocycles. The molecule has 0 atom stereocenters. The molecule has 0 fully saturated rings. The third-order valence-electron chi connectivity index (χ3n) is 2.83. The normalized spacial score (nSPS) is 12.1. The van der Waals surface area contributed by atoms with Crippen LogP contribution < -0.4 is 5.32 Å². The van der Waals surface area contributed by atoms with Gasteiger partial charge in [0.05, 0.1) is 6.20 Å². The summed E-state index contributed by atoms with van der Waals surface area (Å²) in [4.78, 5) is 0. The Bertz CT molecular complexity index is 570. The maximum atomic E-state index is 12.7. The lowest BCUT2D eigenvalue weighted by Gasteiger charge is -2.06. The fourth-order valence-electron chi connectivity index (χ4n) is 1.92. The van der Waals surface area contributed by atoms with E-state index >= 15 is 0 Å². The van der Waals surface area contributed by atoms with E-state index in [1.165, 1.54) is 17.9 Å². The Balaban J connectivity index is 1.97. The van der Waals surface area contributed by atoms with Gasteiger partial charge in [0.1, 0.15) is 0 Å². The second-order valence-corrected chi connectivity index (χ2v) is 4.48. The Labute approximate surface area is 114 Å². The average molecular weight is 287 g/mol. The third kappa shape index (κ3) is 3.38. The van der Waals surface area contributed by atoms with E-state index in [4.69, 9.17) is 0 Å². The molecular formula is C12H16F3N5. The van der Waals surface area contributed by atoms with Crippen LogP contribution in [0, 0.1) is 0 Å². The summed E-state index contributed by atoms with van der Waals surface area (Å²) in [5.41, 5.74) is 0.240. The number of aryl methyl sites for hydroxylation is 2. The maximum Gasteiger partial charge on any atom is 0.435 e. The van der Waals surface area contributed by atoms with Crippen molar-refractivity contribution >= 4 is 0 Å². The monoisotopic (exact) mass is 287 g/mol. The van der Waals surface area contributed by atoms with E-state index in [1.54, 1.807) is 10.9 Å². The summed E-state index contributed by atoms with van der Waals surface area (Å²) in [6.45, 7) is 3.31. The van der Waals surface area contributed by atoms with Crippen LogP contribution in [0.3, 0.4) is 0 Å². The topological polar surface area (TPSA) is 47.7 Å². The molecular weight excluding hydrogens is 271 g/mol. The van der Waals surface area contributed by atoms with Crippen LogP contribution in [0.4, 0.5) is 13.2 Å². The molecule has 0 saturated heterocycles. The maximum absolute atomic E-state index is 12.7. The van der Waals surface area contributed by atoms with Crippen LogP contribution in [0.2, 0.25) is 0 Å². The minimum absolute atomic E-state index is 0.111. The number of rotatable bonds is 5. The first kappa shape index (κ1) is 14.6. The first-order chi connectivity index (χ1) is 9.40. The van der Waals surface area contributed by atoms with Crippen molar-refractivity contribution in [2.24, 2.45) is 7.05 Å². The zero-order chi connectivity index (χ0) is 14.8. The smallest absolute Gasteiger partial charge is 0.308 e. The summed E-state index contributed by atoms with van der Waals surface area (Å²) in [5, 5.41) is 10.5. The Morgan fingerprint density at radius 3 is 2.60 bits per heavy atom. The molecule has 0 saturated carbocycles. The minimum atomic E-state index is -4.43. The highest BCUT2D eigenvalue weighted by Gasteiger charge is 2.36. The molecule has 1 N–H and O–H groups in total. The first-order valence-corrected chi connectivity index (χ1v) is 6.22. The van der Waals surface area contributed by atoms with Gasteiger partial charge in [-0.1, -0.05) is 0 Å². The summed E-state index contributed by atoms with van der Waals surface area (Å²) < 4.78 is 41.2. The largest absolute Gasteiger partial charge is 0.435 e. The van der Waals surface area contributed by atoms with E-state index in [9.17, 15) is 13.2 Å². The van der Waals surface area contributed by atoms with Gasteiger partial charge in [0, 0.05) is 50.2 Å². The lowest BCUT2D eigenvalue weighted by molar-refractivity contribution is -0.142.